The fourth-order valence-electron chi connectivity index (χ4n) is 3.19. The van der Waals surface area contributed by atoms with E-state index >= 15 is 0 Å². The number of ether oxygens (including phenoxy) is 3. The predicted molar refractivity (Wildman–Crippen MR) is 108 cm³/mol. The van der Waals surface area contributed by atoms with Gasteiger partial charge in [-0.05, 0) is 71.1 Å². The van der Waals surface area contributed by atoms with Crippen LogP contribution >= 0.6 is 0 Å². The lowest BCUT2D eigenvalue weighted by Crippen LogP contribution is -2.34. The maximum atomic E-state index is 11.8. The molecule has 1 unspecified atom stereocenters. The Morgan fingerprint density at radius 2 is 2.07 bits per heavy atom. The van der Waals surface area contributed by atoms with Gasteiger partial charge < -0.3 is 19.5 Å². The van der Waals surface area contributed by atoms with Crippen molar-refractivity contribution in [2.75, 3.05) is 13.7 Å². The van der Waals surface area contributed by atoms with E-state index in [9.17, 15) is 9.59 Å². The van der Waals surface area contributed by atoms with Crippen molar-refractivity contribution < 1.29 is 23.8 Å². The second-order valence-corrected chi connectivity index (χ2v) is 7.92. The average Bonchev–Trinajstić information content (AvgIpc) is 2.63. The highest BCUT2D eigenvalue weighted by Gasteiger charge is 2.23. The van der Waals surface area contributed by atoms with Crippen LogP contribution in [0, 0.1) is 6.92 Å². The molecule has 1 amide bonds. The largest absolute Gasteiger partial charge is 0.493 e. The number of allylic oxidation sites excluding steroid dienone is 1. The van der Waals surface area contributed by atoms with Gasteiger partial charge >= 0.3 is 6.09 Å². The van der Waals surface area contributed by atoms with Gasteiger partial charge in [-0.2, -0.15) is 0 Å². The molecule has 0 bridgehead atoms. The van der Waals surface area contributed by atoms with Crippen molar-refractivity contribution in [3.8, 4) is 11.5 Å². The van der Waals surface area contributed by atoms with Crippen LogP contribution < -0.4 is 14.8 Å². The molecule has 6 heteroatoms. The number of hydrogen-bond donors (Lipinski definition) is 1. The highest BCUT2D eigenvalue weighted by atomic mass is 16.6. The van der Waals surface area contributed by atoms with Crippen molar-refractivity contribution in [2.45, 2.75) is 65.1 Å². The number of rotatable bonds is 7. The van der Waals surface area contributed by atoms with Crippen LogP contribution in [0.25, 0.3) is 0 Å². The van der Waals surface area contributed by atoms with E-state index in [1.165, 1.54) is 0 Å². The maximum absolute atomic E-state index is 11.8. The number of methoxy groups -OCH3 is 1. The van der Waals surface area contributed by atoms with Crippen LogP contribution in [0.4, 0.5) is 4.79 Å². The quantitative estimate of drug-likeness (QED) is 0.545. The van der Waals surface area contributed by atoms with Crippen LogP contribution in [0.1, 0.15) is 62.4 Å². The topological polar surface area (TPSA) is 73.9 Å². The summed E-state index contributed by atoms with van der Waals surface area (Å²) in [7, 11) is 1.59. The number of carbonyl (C=O) groups excluding carboxylic acids is 2. The Bertz CT molecular complexity index is 733. The molecule has 2 rings (SSSR count). The smallest absolute Gasteiger partial charge is 0.407 e. The lowest BCUT2D eigenvalue weighted by molar-refractivity contribution is 0.0527. The zero-order chi connectivity index (χ0) is 20.7. The van der Waals surface area contributed by atoms with Crippen LogP contribution in [-0.4, -0.2) is 37.7 Å². The molecule has 28 heavy (non-hydrogen) atoms. The Morgan fingerprint density at radius 1 is 1.32 bits per heavy atom. The van der Waals surface area contributed by atoms with Crippen LogP contribution in [0.5, 0.6) is 11.5 Å². The summed E-state index contributed by atoms with van der Waals surface area (Å²) in [6.07, 6.45) is 6.06. The lowest BCUT2D eigenvalue weighted by atomic mass is 9.93. The number of nitrogens with one attached hydrogen (secondary N) is 1. The van der Waals surface area contributed by atoms with E-state index in [0.29, 0.717) is 30.0 Å². The molecule has 6 nitrogen and oxygen atoms in total. The van der Waals surface area contributed by atoms with Gasteiger partial charge in [0.25, 0.3) is 0 Å². The van der Waals surface area contributed by atoms with Gasteiger partial charge in [0.1, 0.15) is 18.0 Å². The van der Waals surface area contributed by atoms with E-state index in [0.717, 1.165) is 36.7 Å². The monoisotopic (exact) mass is 389 g/mol. The van der Waals surface area contributed by atoms with Gasteiger partial charge in [-0.1, -0.05) is 6.08 Å². The molecule has 0 saturated heterocycles. The summed E-state index contributed by atoms with van der Waals surface area (Å²) < 4.78 is 17.0. The fraction of sp³-hybridized carbons (Fsp3) is 0.545. The molecule has 154 valence electrons. The van der Waals surface area contributed by atoms with E-state index in [2.05, 4.69) is 11.4 Å². The second-order valence-electron chi connectivity index (χ2n) is 7.92. The number of hydrogen-bond acceptors (Lipinski definition) is 5. The molecule has 0 spiro atoms. The second kappa shape index (κ2) is 9.62. The first kappa shape index (κ1) is 21.8. The molecule has 1 aromatic rings. The molecule has 1 aliphatic carbocycles. The SMILES string of the molecule is COc1ccc(C=O)c(C)c1OC1CCCC=C1CCNC(=O)OC(C)(C)C. The number of benzene rings is 1. The summed E-state index contributed by atoms with van der Waals surface area (Å²) in [6.45, 7) is 7.85. The summed E-state index contributed by atoms with van der Waals surface area (Å²) in [5, 5.41) is 2.79. The molecule has 0 saturated carbocycles. The molecule has 1 atom stereocenters. The van der Waals surface area contributed by atoms with E-state index in [-0.39, 0.29) is 6.10 Å². The first-order valence-electron chi connectivity index (χ1n) is 9.70. The molecule has 0 aromatic heterocycles. The molecular formula is C22H31NO5. The predicted octanol–water partition coefficient (Wildman–Crippen LogP) is 4.59. The third-order valence-corrected chi connectivity index (χ3v) is 4.59. The molecule has 0 radical (unpaired) electrons. The van der Waals surface area contributed by atoms with Crippen molar-refractivity contribution in [1.29, 1.82) is 0 Å². The van der Waals surface area contributed by atoms with E-state index in [1.807, 2.05) is 27.7 Å². The third kappa shape index (κ3) is 6.01. The Kier molecular flexibility index (Phi) is 7.49. The Hall–Kier alpha value is -2.50. The minimum absolute atomic E-state index is 0.108. The molecule has 0 aliphatic heterocycles. The third-order valence-electron chi connectivity index (χ3n) is 4.59. The number of carbonyl (C=O) groups is 2. The normalized spacial score (nSPS) is 16.8. The minimum atomic E-state index is -0.516. The van der Waals surface area contributed by atoms with Gasteiger partial charge in [-0.15, -0.1) is 0 Å². The van der Waals surface area contributed by atoms with Gasteiger partial charge in [0, 0.05) is 17.7 Å². The minimum Gasteiger partial charge on any atom is -0.493 e. The number of aldehydes is 1. The van der Waals surface area contributed by atoms with Crippen LogP contribution in [0.2, 0.25) is 0 Å². The molecular weight excluding hydrogens is 358 g/mol. The van der Waals surface area contributed by atoms with Gasteiger partial charge in [0.15, 0.2) is 11.5 Å². The first-order chi connectivity index (χ1) is 13.2. The van der Waals surface area contributed by atoms with E-state index < -0.39 is 11.7 Å². The summed E-state index contributed by atoms with van der Waals surface area (Å²) in [6, 6.07) is 3.48. The van der Waals surface area contributed by atoms with Gasteiger partial charge in [-0.25, -0.2) is 4.79 Å². The fourth-order valence-corrected chi connectivity index (χ4v) is 3.19. The van der Waals surface area contributed by atoms with Gasteiger partial charge in [0.2, 0.25) is 0 Å². The Labute approximate surface area is 167 Å². The number of amides is 1. The maximum Gasteiger partial charge on any atom is 0.407 e. The van der Waals surface area contributed by atoms with Crippen LogP contribution in [0.15, 0.2) is 23.8 Å². The molecule has 0 fully saturated rings. The van der Waals surface area contributed by atoms with Crippen molar-refractivity contribution in [3.05, 3.63) is 34.9 Å². The molecule has 1 N–H and O–H groups in total. The van der Waals surface area contributed by atoms with E-state index in [1.54, 1.807) is 19.2 Å². The zero-order valence-electron chi connectivity index (χ0n) is 17.5. The van der Waals surface area contributed by atoms with Gasteiger partial charge in [-0.3, -0.25) is 4.79 Å². The Morgan fingerprint density at radius 3 is 2.71 bits per heavy atom. The van der Waals surface area contributed by atoms with Crippen LogP contribution in [-0.2, 0) is 4.74 Å². The summed E-state index contributed by atoms with van der Waals surface area (Å²) in [4.78, 5) is 23.1. The van der Waals surface area contributed by atoms with Crippen LogP contribution in [0.3, 0.4) is 0 Å². The standard InChI is InChI=1S/C22H31NO5/c1-15-17(14-24)10-11-19(26-5)20(15)27-18-9-7-6-8-16(18)12-13-23-21(25)28-22(2,3)4/h8,10-11,14,18H,6-7,9,12-13H2,1-5H3,(H,23,25). The zero-order valence-corrected chi connectivity index (χ0v) is 17.5. The summed E-state index contributed by atoms with van der Waals surface area (Å²) >= 11 is 0. The first-order valence-corrected chi connectivity index (χ1v) is 9.70. The molecule has 1 aromatic carbocycles. The molecule has 0 heterocycles. The van der Waals surface area contributed by atoms with Gasteiger partial charge in [0.05, 0.1) is 7.11 Å². The average molecular weight is 389 g/mol. The Balaban J connectivity index is 2.05. The number of alkyl carbamates (subject to hydrolysis) is 1. The van der Waals surface area contributed by atoms with Crippen molar-refractivity contribution in [2.24, 2.45) is 0 Å². The van der Waals surface area contributed by atoms with Crippen molar-refractivity contribution in [1.82, 2.24) is 5.32 Å². The summed E-state index contributed by atoms with van der Waals surface area (Å²) in [5.41, 5.74) is 1.98. The molecule has 1 aliphatic rings. The lowest BCUT2D eigenvalue weighted by Gasteiger charge is -2.27. The van der Waals surface area contributed by atoms with Crippen molar-refractivity contribution in [3.63, 3.8) is 0 Å². The van der Waals surface area contributed by atoms with E-state index in [4.69, 9.17) is 14.2 Å². The van der Waals surface area contributed by atoms with Crippen molar-refractivity contribution >= 4 is 12.4 Å². The highest BCUT2D eigenvalue weighted by Crippen LogP contribution is 2.36. The highest BCUT2D eigenvalue weighted by molar-refractivity contribution is 5.79. The summed E-state index contributed by atoms with van der Waals surface area (Å²) in [5.74, 6) is 1.21.